The molecule has 0 saturated carbocycles. The summed E-state index contributed by atoms with van der Waals surface area (Å²) in [5.41, 5.74) is 2.09. The number of aromatic nitrogens is 3. The Morgan fingerprint density at radius 3 is 2.90 bits per heavy atom. The molecule has 0 N–H and O–H groups in total. The molecule has 106 valence electrons. The van der Waals surface area contributed by atoms with Gasteiger partial charge in [-0.15, -0.1) is 5.10 Å². The van der Waals surface area contributed by atoms with E-state index in [1.54, 1.807) is 11.6 Å². The van der Waals surface area contributed by atoms with Crippen molar-refractivity contribution in [2.75, 3.05) is 13.2 Å². The van der Waals surface area contributed by atoms with Gasteiger partial charge in [-0.05, 0) is 26.0 Å². The fraction of sp³-hybridized carbons (Fsp3) is 0.357. The van der Waals surface area contributed by atoms with Gasteiger partial charge in [0.2, 0.25) is 0 Å². The maximum absolute atomic E-state index is 11.2. The van der Waals surface area contributed by atoms with Crippen molar-refractivity contribution in [3.8, 4) is 0 Å². The summed E-state index contributed by atoms with van der Waals surface area (Å²) in [6.45, 7) is 7.44. The summed E-state index contributed by atoms with van der Waals surface area (Å²) in [5, 5.41) is 8.11. The van der Waals surface area contributed by atoms with Gasteiger partial charge in [-0.25, -0.2) is 9.48 Å². The summed E-state index contributed by atoms with van der Waals surface area (Å²) in [7, 11) is 0. The third kappa shape index (κ3) is 3.21. The van der Waals surface area contributed by atoms with Gasteiger partial charge in [-0.1, -0.05) is 23.9 Å². The Balaban J connectivity index is 1.88. The summed E-state index contributed by atoms with van der Waals surface area (Å²) in [6.07, 6.45) is -0.286. The summed E-state index contributed by atoms with van der Waals surface area (Å²) in [4.78, 5) is 11.2. The Morgan fingerprint density at radius 1 is 1.40 bits per heavy atom. The van der Waals surface area contributed by atoms with E-state index in [1.165, 1.54) is 0 Å². The van der Waals surface area contributed by atoms with E-state index in [1.807, 2.05) is 31.2 Å². The van der Waals surface area contributed by atoms with Crippen LogP contribution < -0.4 is 0 Å². The van der Waals surface area contributed by atoms with E-state index < -0.39 is 5.97 Å². The number of rotatable bonds is 6. The van der Waals surface area contributed by atoms with E-state index in [-0.39, 0.29) is 19.4 Å². The predicted molar refractivity (Wildman–Crippen MR) is 74.0 cm³/mol. The van der Waals surface area contributed by atoms with Crippen molar-refractivity contribution in [3.63, 3.8) is 0 Å². The first-order chi connectivity index (χ1) is 9.59. The maximum atomic E-state index is 11.2. The Labute approximate surface area is 117 Å². The molecule has 20 heavy (non-hydrogen) atoms. The topological polar surface area (TPSA) is 66.2 Å². The minimum Gasteiger partial charge on any atom is -0.460 e. The second kappa shape index (κ2) is 6.29. The molecule has 0 spiro atoms. The van der Waals surface area contributed by atoms with Crippen molar-refractivity contribution in [2.45, 2.75) is 20.1 Å². The number of carbonyl (C=O) groups excluding carboxylic acids is 1. The van der Waals surface area contributed by atoms with Crippen molar-refractivity contribution in [1.82, 2.24) is 15.0 Å². The van der Waals surface area contributed by atoms with Crippen LogP contribution in [0.5, 0.6) is 0 Å². The lowest BCUT2D eigenvalue weighted by atomic mass is 10.3. The molecule has 6 nitrogen and oxygen atoms in total. The zero-order valence-electron chi connectivity index (χ0n) is 11.6. The highest BCUT2D eigenvalue weighted by Crippen LogP contribution is 2.15. The third-order valence-corrected chi connectivity index (χ3v) is 2.75. The van der Waals surface area contributed by atoms with Gasteiger partial charge >= 0.3 is 5.97 Å². The van der Waals surface area contributed by atoms with Gasteiger partial charge in [0.05, 0.1) is 12.1 Å². The van der Waals surface area contributed by atoms with Crippen LogP contribution in [0.3, 0.4) is 0 Å². The Bertz CT molecular complexity index is 621. The molecule has 1 atom stereocenters. The van der Waals surface area contributed by atoms with Crippen LogP contribution in [0.15, 0.2) is 36.4 Å². The van der Waals surface area contributed by atoms with Crippen LogP contribution in [0.2, 0.25) is 0 Å². The van der Waals surface area contributed by atoms with Crippen molar-refractivity contribution < 1.29 is 14.3 Å². The molecule has 2 aromatic rings. The first-order valence-electron chi connectivity index (χ1n) is 6.33. The highest BCUT2D eigenvalue weighted by molar-refractivity contribution is 5.86. The molecule has 2 rings (SSSR count). The third-order valence-electron chi connectivity index (χ3n) is 2.75. The predicted octanol–water partition coefficient (Wildman–Crippen LogP) is 2.09. The van der Waals surface area contributed by atoms with E-state index in [9.17, 15) is 4.79 Å². The van der Waals surface area contributed by atoms with Crippen LogP contribution in [0, 0.1) is 0 Å². The van der Waals surface area contributed by atoms with Gasteiger partial charge in [0.1, 0.15) is 18.4 Å². The smallest absolute Gasteiger partial charge is 0.333 e. The Morgan fingerprint density at radius 2 is 2.15 bits per heavy atom. The normalized spacial score (nSPS) is 12.3. The van der Waals surface area contributed by atoms with Gasteiger partial charge in [-0.3, -0.25) is 0 Å². The molecule has 0 aliphatic rings. The molecule has 0 radical (unpaired) electrons. The standard InChI is InChI=1S/C14H17N3O3/c1-10(2)14(18)20-9-8-19-11(3)17-13-7-5-4-6-12(13)15-16-17/h4-7,11H,1,8-9H2,2-3H3. The second-order valence-corrected chi connectivity index (χ2v) is 4.41. The number of ether oxygens (including phenoxy) is 2. The van der Waals surface area contributed by atoms with Crippen molar-refractivity contribution >= 4 is 17.0 Å². The van der Waals surface area contributed by atoms with Crippen LogP contribution in [0.4, 0.5) is 0 Å². The maximum Gasteiger partial charge on any atom is 0.333 e. The molecule has 1 aromatic carbocycles. The van der Waals surface area contributed by atoms with Crippen molar-refractivity contribution in [3.05, 3.63) is 36.4 Å². The van der Waals surface area contributed by atoms with E-state index in [4.69, 9.17) is 9.47 Å². The van der Waals surface area contributed by atoms with E-state index in [2.05, 4.69) is 16.9 Å². The molecule has 0 amide bonds. The summed E-state index contributed by atoms with van der Waals surface area (Å²) >= 11 is 0. The molecular weight excluding hydrogens is 258 g/mol. The van der Waals surface area contributed by atoms with Crippen LogP contribution in [0.25, 0.3) is 11.0 Å². The average molecular weight is 275 g/mol. The van der Waals surface area contributed by atoms with Crippen LogP contribution in [-0.2, 0) is 14.3 Å². The Hall–Kier alpha value is -2.21. The van der Waals surface area contributed by atoms with Crippen LogP contribution in [-0.4, -0.2) is 34.2 Å². The molecule has 1 aromatic heterocycles. The second-order valence-electron chi connectivity index (χ2n) is 4.41. The fourth-order valence-electron chi connectivity index (χ4n) is 1.70. The number of nitrogens with zero attached hydrogens (tertiary/aromatic N) is 3. The molecule has 1 heterocycles. The van der Waals surface area contributed by atoms with Gasteiger partial charge in [0, 0.05) is 5.57 Å². The van der Waals surface area contributed by atoms with Gasteiger partial charge < -0.3 is 9.47 Å². The van der Waals surface area contributed by atoms with Crippen LogP contribution in [0.1, 0.15) is 20.1 Å². The molecule has 0 bridgehead atoms. The first kappa shape index (κ1) is 14.2. The molecule has 6 heteroatoms. The number of hydrogen-bond acceptors (Lipinski definition) is 5. The largest absolute Gasteiger partial charge is 0.460 e. The van der Waals surface area contributed by atoms with Crippen molar-refractivity contribution in [2.24, 2.45) is 0 Å². The summed E-state index contributed by atoms with van der Waals surface area (Å²) in [5.74, 6) is -0.410. The molecule has 0 saturated heterocycles. The van der Waals surface area contributed by atoms with Gasteiger partial charge in [0.15, 0.2) is 0 Å². The van der Waals surface area contributed by atoms with Crippen molar-refractivity contribution in [1.29, 1.82) is 0 Å². The number of carbonyl (C=O) groups is 1. The van der Waals surface area contributed by atoms with E-state index in [0.717, 1.165) is 11.0 Å². The lowest BCUT2D eigenvalue weighted by molar-refractivity contribution is -0.141. The zero-order chi connectivity index (χ0) is 14.5. The minimum absolute atomic E-state index is 0.183. The molecular formula is C14H17N3O3. The number of para-hydroxylation sites is 1. The Kier molecular flexibility index (Phi) is 4.47. The quantitative estimate of drug-likeness (QED) is 0.459. The number of esters is 1. The molecule has 1 unspecified atom stereocenters. The summed E-state index contributed by atoms with van der Waals surface area (Å²) in [6, 6.07) is 7.64. The minimum atomic E-state index is -0.410. The molecule has 0 aliphatic heterocycles. The first-order valence-corrected chi connectivity index (χ1v) is 6.33. The highest BCUT2D eigenvalue weighted by atomic mass is 16.6. The van der Waals surface area contributed by atoms with E-state index in [0.29, 0.717) is 5.57 Å². The van der Waals surface area contributed by atoms with E-state index >= 15 is 0 Å². The van der Waals surface area contributed by atoms with Crippen LogP contribution >= 0.6 is 0 Å². The number of hydrogen-bond donors (Lipinski definition) is 0. The average Bonchev–Trinajstić information content (AvgIpc) is 2.87. The SMILES string of the molecule is C=C(C)C(=O)OCCOC(C)n1nnc2ccccc21. The highest BCUT2D eigenvalue weighted by Gasteiger charge is 2.11. The molecule has 0 aliphatic carbocycles. The van der Waals surface area contributed by atoms with Gasteiger partial charge in [-0.2, -0.15) is 0 Å². The molecule has 0 fully saturated rings. The number of fused-ring (bicyclic) bond motifs is 1. The fourth-order valence-corrected chi connectivity index (χ4v) is 1.70. The zero-order valence-corrected chi connectivity index (χ0v) is 11.6. The summed E-state index contributed by atoms with van der Waals surface area (Å²) < 4.78 is 12.2. The van der Waals surface area contributed by atoms with Gasteiger partial charge in [0.25, 0.3) is 0 Å². The lowest BCUT2D eigenvalue weighted by Gasteiger charge is -2.13. The monoisotopic (exact) mass is 275 g/mol. The number of benzene rings is 1. The lowest BCUT2D eigenvalue weighted by Crippen LogP contribution is -2.16.